The second-order valence-corrected chi connectivity index (χ2v) is 9.46. The van der Waals surface area contributed by atoms with E-state index in [9.17, 15) is 18.0 Å². The van der Waals surface area contributed by atoms with E-state index >= 15 is 0 Å². The molecule has 0 unspecified atom stereocenters. The quantitative estimate of drug-likeness (QED) is 0.776. The van der Waals surface area contributed by atoms with Crippen LogP contribution in [0.5, 0.6) is 0 Å². The van der Waals surface area contributed by atoms with Gasteiger partial charge in [0.25, 0.3) is 11.8 Å². The molecule has 0 radical (unpaired) electrons. The fourth-order valence-electron chi connectivity index (χ4n) is 3.18. The predicted octanol–water partition coefficient (Wildman–Crippen LogP) is 2.84. The highest BCUT2D eigenvalue weighted by atomic mass is 32.2. The molecule has 28 heavy (non-hydrogen) atoms. The number of hydrogen-bond donors (Lipinski definition) is 2. The topological polar surface area (TPSA) is 95.6 Å². The Kier molecular flexibility index (Phi) is 6.17. The summed E-state index contributed by atoms with van der Waals surface area (Å²) in [5.41, 5.74) is 1.74. The molecule has 1 aliphatic rings. The normalized spacial score (nSPS) is 15.2. The van der Waals surface area contributed by atoms with E-state index in [1.54, 1.807) is 37.6 Å². The number of anilines is 1. The number of sulfonamides is 1. The monoisotopic (exact) mass is 421 g/mol. The first kappa shape index (κ1) is 20.5. The van der Waals surface area contributed by atoms with Gasteiger partial charge in [-0.05, 0) is 55.0 Å². The van der Waals surface area contributed by atoms with Crippen LogP contribution in [0.15, 0.2) is 34.5 Å². The predicted molar refractivity (Wildman–Crippen MR) is 109 cm³/mol. The van der Waals surface area contributed by atoms with Gasteiger partial charge >= 0.3 is 0 Å². The fraction of sp³-hybridized carbons (Fsp3) is 0.368. The second kappa shape index (κ2) is 8.42. The number of aryl methyl sites for hydroxylation is 1. The highest BCUT2D eigenvalue weighted by molar-refractivity contribution is 7.89. The number of rotatable bonds is 5. The molecular weight excluding hydrogens is 398 g/mol. The van der Waals surface area contributed by atoms with E-state index in [1.807, 2.05) is 0 Å². The van der Waals surface area contributed by atoms with Crippen molar-refractivity contribution in [2.45, 2.75) is 31.1 Å². The van der Waals surface area contributed by atoms with Crippen molar-refractivity contribution in [3.63, 3.8) is 0 Å². The molecule has 3 rings (SSSR count). The summed E-state index contributed by atoms with van der Waals surface area (Å²) >= 11 is 1.10. The lowest BCUT2D eigenvalue weighted by molar-refractivity contribution is 0.0962. The highest BCUT2D eigenvalue weighted by Crippen LogP contribution is 2.28. The molecule has 1 saturated heterocycles. The molecule has 7 nitrogen and oxygen atoms in total. The van der Waals surface area contributed by atoms with Crippen LogP contribution < -0.4 is 10.6 Å². The van der Waals surface area contributed by atoms with E-state index in [2.05, 4.69) is 10.6 Å². The van der Waals surface area contributed by atoms with Crippen molar-refractivity contribution in [3.05, 3.63) is 45.6 Å². The average molecular weight is 422 g/mol. The first-order chi connectivity index (χ1) is 13.3. The van der Waals surface area contributed by atoms with E-state index in [0.717, 1.165) is 30.6 Å². The van der Waals surface area contributed by atoms with Gasteiger partial charge < -0.3 is 10.6 Å². The molecule has 0 saturated carbocycles. The van der Waals surface area contributed by atoms with Crippen LogP contribution in [0, 0.1) is 6.92 Å². The SMILES string of the molecule is CNC(=O)c1ccc(NC(=O)c2sccc2S(=O)(=O)N2CCCCC2)c(C)c1. The Balaban J connectivity index is 1.83. The number of piperidine rings is 1. The minimum atomic E-state index is -3.69. The Morgan fingerprint density at radius 3 is 2.43 bits per heavy atom. The van der Waals surface area contributed by atoms with Gasteiger partial charge in [0.2, 0.25) is 10.0 Å². The third-order valence-corrected chi connectivity index (χ3v) is 7.72. The summed E-state index contributed by atoms with van der Waals surface area (Å²) in [4.78, 5) is 24.7. The van der Waals surface area contributed by atoms with Crippen LogP contribution in [0.3, 0.4) is 0 Å². The van der Waals surface area contributed by atoms with E-state index in [4.69, 9.17) is 0 Å². The molecular formula is C19H23N3O4S2. The van der Waals surface area contributed by atoms with Crippen molar-refractivity contribution in [2.24, 2.45) is 0 Å². The molecule has 2 aromatic rings. The number of amides is 2. The summed E-state index contributed by atoms with van der Waals surface area (Å²) in [7, 11) is -2.14. The number of carbonyl (C=O) groups excluding carboxylic acids is 2. The highest BCUT2D eigenvalue weighted by Gasteiger charge is 2.31. The van der Waals surface area contributed by atoms with E-state index in [1.165, 1.54) is 10.4 Å². The summed E-state index contributed by atoms with van der Waals surface area (Å²) in [5, 5.41) is 6.94. The molecule has 1 fully saturated rings. The van der Waals surface area contributed by atoms with E-state index < -0.39 is 15.9 Å². The maximum atomic E-state index is 13.0. The van der Waals surface area contributed by atoms with Gasteiger partial charge in [0.15, 0.2) is 0 Å². The van der Waals surface area contributed by atoms with Crippen molar-refractivity contribution in [1.29, 1.82) is 0 Å². The molecule has 9 heteroatoms. The van der Waals surface area contributed by atoms with Crippen LogP contribution in [-0.2, 0) is 10.0 Å². The zero-order valence-corrected chi connectivity index (χ0v) is 17.5. The van der Waals surface area contributed by atoms with Gasteiger partial charge in [0, 0.05) is 31.4 Å². The molecule has 150 valence electrons. The Bertz CT molecular complexity index is 992. The van der Waals surface area contributed by atoms with Crippen LogP contribution in [0.1, 0.15) is 44.9 Å². The van der Waals surface area contributed by atoms with Gasteiger partial charge in [-0.15, -0.1) is 11.3 Å². The lowest BCUT2D eigenvalue weighted by Gasteiger charge is -2.25. The van der Waals surface area contributed by atoms with Gasteiger partial charge in [-0.3, -0.25) is 9.59 Å². The first-order valence-electron chi connectivity index (χ1n) is 9.06. The average Bonchev–Trinajstić information content (AvgIpc) is 3.20. The molecule has 1 aromatic carbocycles. The molecule has 2 amide bonds. The van der Waals surface area contributed by atoms with Crippen molar-refractivity contribution in [3.8, 4) is 0 Å². The van der Waals surface area contributed by atoms with Gasteiger partial charge in [-0.1, -0.05) is 6.42 Å². The minimum absolute atomic E-state index is 0.0523. The van der Waals surface area contributed by atoms with Crippen LogP contribution in [0.2, 0.25) is 0 Å². The molecule has 2 heterocycles. The Morgan fingerprint density at radius 2 is 1.79 bits per heavy atom. The number of nitrogens with zero attached hydrogens (tertiary/aromatic N) is 1. The van der Waals surface area contributed by atoms with Crippen LogP contribution in [0.25, 0.3) is 0 Å². The van der Waals surface area contributed by atoms with Crippen molar-refractivity contribution in [1.82, 2.24) is 9.62 Å². The van der Waals surface area contributed by atoms with Gasteiger partial charge in [0.05, 0.1) is 0 Å². The molecule has 1 aliphatic heterocycles. The third-order valence-electron chi connectivity index (χ3n) is 4.73. The van der Waals surface area contributed by atoms with E-state index in [-0.39, 0.29) is 15.7 Å². The van der Waals surface area contributed by atoms with Crippen molar-refractivity contribution >= 4 is 38.9 Å². The van der Waals surface area contributed by atoms with Crippen LogP contribution in [-0.4, -0.2) is 44.7 Å². The molecule has 2 N–H and O–H groups in total. The molecule has 0 spiro atoms. The van der Waals surface area contributed by atoms with Crippen LogP contribution in [0.4, 0.5) is 5.69 Å². The second-order valence-electron chi connectivity index (χ2n) is 6.64. The first-order valence-corrected chi connectivity index (χ1v) is 11.4. The maximum absolute atomic E-state index is 13.0. The molecule has 0 atom stereocenters. The third kappa shape index (κ3) is 4.11. The summed E-state index contributed by atoms with van der Waals surface area (Å²) in [6.45, 7) is 2.75. The van der Waals surface area contributed by atoms with Crippen molar-refractivity contribution < 1.29 is 18.0 Å². The summed E-state index contributed by atoms with van der Waals surface area (Å²) in [6, 6.07) is 6.42. The van der Waals surface area contributed by atoms with Gasteiger partial charge in [-0.2, -0.15) is 4.31 Å². The molecule has 1 aromatic heterocycles. The van der Waals surface area contributed by atoms with Gasteiger partial charge in [0.1, 0.15) is 9.77 Å². The lowest BCUT2D eigenvalue weighted by atomic mass is 10.1. The summed E-state index contributed by atoms with van der Waals surface area (Å²) in [5.74, 6) is -0.685. The Hall–Kier alpha value is -2.23. The minimum Gasteiger partial charge on any atom is -0.355 e. The van der Waals surface area contributed by atoms with Gasteiger partial charge in [-0.25, -0.2) is 8.42 Å². The maximum Gasteiger partial charge on any atom is 0.267 e. The Labute approximate surface area is 168 Å². The number of benzene rings is 1. The fourth-order valence-corrected chi connectivity index (χ4v) is 5.99. The standard InChI is InChI=1S/C19H23N3O4S2/c1-13-12-14(18(23)20-2)6-7-15(13)21-19(24)17-16(8-11-27-17)28(25,26)22-9-4-3-5-10-22/h6-8,11-12H,3-5,9-10H2,1-2H3,(H,20,23)(H,21,24). The smallest absolute Gasteiger partial charge is 0.267 e. The zero-order valence-electron chi connectivity index (χ0n) is 15.8. The molecule has 0 aliphatic carbocycles. The Morgan fingerprint density at radius 1 is 1.07 bits per heavy atom. The summed E-state index contributed by atoms with van der Waals surface area (Å²) < 4.78 is 27.4. The number of nitrogens with one attached hydrogen (secondary N) is 2. The number of carbonyl (C=O) groups is 2. The van der Waals surface area contributed by atoms with Crippen LogP contribution >= 0.6 is 11.3 Å². The lowest BCUT2D eigenvalue weighted by Crippen LogP contribution is -2.36. The molecule has 0 bridgehead atoms. The number of thiophene rings is 1. The van der Waals surface area contributed by atoms with Crippen molar-refractivity contribution in [2.75, 3.05) is 25.5 Å². The largest absolute Gasteiger partial charge is 0.355 e. The summed E-state index contributed by atoms with van der Waals surface area (Å²) in [6.07, 6.45) is 2.69. The van der Waals surface area contributed by atoms with E-state index in [0.29, 0.717) is 29.9 Å². The number of hydrogen-bond acceptors (Lipinski definition) is 5. The zero-order chi connectivity index (χ0) is 20.3.